The summed E-state index contributed by atoms with van der Waals surface area (Å²) in [7, 11) is -3.32. The lowest BCUT2D eigenvalue weighted by molar-refractivity contribution is -0.119. The van der Waals surface area contributed by atoms with E-state index in [1.165, 1.54) is 6.92 Å². The van der Waals surface area contributed by atoms with E-state index in [1.807, 2.05) is 4.72 Å². The molecule has 0 saturated heterocycles. The summed E-state index contributed by atoms with van der Waals surface area (Å²) < 4.78 is 22.9. The molecule has 7 heteroatoms. The fourth-order valence-corrected chi connectivity index (χ4v) is 1.14. The first-order valence-electron chi connectivity index (χ1n) is 2.59. The number of primary amides is 1. The molecule has 0 bridgehead atoms. The van der Waals surface area contributed by atoms with E-state index in [9.17, 15) is 13.2 Å². The molecule has 0 aliphatic rings. The van der Waals surface area contributed by atoms with Crippen LogP contribution in [0.1, 0.15) is 6.92 Å². The zero-order valence-corrected chi connectivity index (χ0v) is 7.83. The standard InChI is InChI=1S/C4H10N2O3S.ClH/c1-3(4(5)7)6-10(2,8)9;/h3,6H,1-2H3,(H2,5,7);1H/t3-;/m0./s1. The van der Waals surface area contributed by atoms with Gasteiger partial charge in [-0.05, 0) is 6.92 Å². The molecule has 0 aromatic carbocycles. The molecule has 0 heterocycles. The number of rotatable bonds is 3. The van der Waals surface area contributed by atoms with Gasteiger partial charge in [-0.25, -0.2) is 13.1 Å². The Morgan fingerprint density at radius 1 is 1.55 bits per heavy atom. The van der Waals surface area contributed by atoms with Gasteiger partial charge in [0.25, 0.3) is 0 Å². The lowest BCUT2D eigenvalue weighted by atomic mass is 10.4. The number of carbonyl (C=O) groups is 1. The molecule has 0 rings (SSSR count). The lowest BCUT2D eigenvalue weighted by Crippen LogP contribution is -2.41. The zero-order valence-electron chi connectivity index (χ0n) is 6.20. The van der Waals surface area contributed by atoms with E-state index in [0.29, 0.717) is 0 Å². The largest absolute Gasteiger partial charge is 0.368 e. The molecule has 5 nitrogen and oxygen atoms in total. The Morgan fingerprint density at radius 2 is 1.91 bits per heavy atom. The quantitative estimate of drug-likeness (QED) is 0.605. The van der Waals surface area contributed by atoms with Crippen LogP contribution < -0.4 is 10.5 Å². The number of sulfonamides is 1. The highest BCUT2D eigenvalue weighted by molar-refractivity contribution is 7.88. The minimum atomic E-state index is -3.32. The van der Waals surface area contributed by atoms with Crippen LogP contribution in [0, 0.1) is 0 Å². The van der Waals surface area contributed by atoms with Crippen molar-refractivity contribution in [2.24, 2.45) is 5.73 Å². The van der Waals surface area contributed by atoms with Gasteiger partial charge in [0.05, 0.1) is 12.3 Å². The van der Waals surface area contributed by atoms with Crippen molar-refractivity contribution >= 4 is 28.3 Å². The van der Waals surface area contributed by atoms with Gasteiger partial charge in [0.15, 0.2) is 0 Å². The second-order valence-electron chi connectivity index (χ2n) is 2.01. The normalized spacial score (nSPS) is 13.3. The number of hydrogen-bond acceptors (Lipinski definition) is 3. The van der Waals surface area contributed by atoms with E-state index >= 15 is 0 Å². The summed E-state index contributed by atoms with van der Waals surface area (Å²) >= 11 is 0. The predicted octanol–water partition coefficient (Wildman–Crippen LogP) is -1.17. The van der Waals surface area contributed by atoms with Crippen molar-refractivity contribution in [2.45, 2.75) is 13.0 Å². The number of nitrogens with two attached hydrogens (primary N) is 1. The van der Waals surface area contributed by atoms with Crippen molar-refractivity contribution in [3.05, 3.63) is 0 Å². The molecule has 0 radical (unpaired) electrons. The Kier molecular flexibility index (Phi) is 5.46. The van der Waals surface area contributed by atoms with Crippen molar-refractivity contribution < 1.29 is 13.2 Å². The van der Waals surface area contributed by atoms with Gasteiger partial charge >= 0.3 is 0 Å². The minimum absolute atomic E-state index is 0. The van der Waals surface area contributed by atoms with Crippen LogP contribution in [0.15, 0.2) is 0 Å². The van der Waals surface area contributed by atoms with Crippen LogP contribution in [0.25, 0.3) is 0 Å². The van der Waals surface area contributed by atoms with E-state index < -0.39 is 22.0 Å². The van der Waals surface area contributed by atoms with Gasteiger partial charge in [0.1, 0.15) is 0 Å². The summed E-state index contributed by atoms with van der Waals surface area (Å²) in [5.41, 5.74) is 4.78. The van der Waals surface area contributed by atoms with E-state index in [1.54, 1.807) is 0 Å². The van der Waals surface area contributed by atoms with Crippen LogP contribution in [-0.2, 0) is 14.8 Å². The highest BCUT2D eigenvalue weighted by Crippen LogP contribution is 1.82. The van der Waals surface area contributed by atoms with Crippen molar-refractivity contribution in [1.82, 2.24) is 4.72 Å². The fourth-order valence-electron chi connectivity index (χ4n) is 0.379. The summed E-state index contributed by atoms with van der Waals surface area (Å²) in [4.78, 5) is 10.3. The first-order chi connectivity index (χ1) is 4.33. The van der Waals surface area contributed by atoms with Crippen LogP contribution in [-0.4, -0.2) is 26.6 Å². The number of amides is 1. The van der Waals surface area contributed by atoms with Crippen LogP contribution in [0.3, 0.4) is 0 Å². The molecule has 0 aromatic heterocycles. The highest BCUT2D eigenvalue weighted by Gasteiger charge is 2.12. The van der Waals surface area contributed by atoms with Crippen molar-refractivity contribution in [2.75, 3.05) is 6.26 Å². The molecular weight excluding hydrogens is 192 g/mol. The lowest BCUT2D eigenvalue weighted by Gasteiger charge is -2.05. The number of nitrogens with one attached hydrogen (secondary N) is 1. The summed E-state index contributed by atoms with van der Waals surface area (Å²) in [6.45, 7) is 1.38. The van der Waals surface area contributed by atoms with Gasteiger partial charge in [0.2, 0.25) is 15.9 Å². The first-order valence-corrected chi connectivity index (χ1v) is 4.48. The van der Waals surface area contributed by atoms with Crippen LogP contribution in [0.2, 0.25) is 0 Å². The van der Waals surface area contributed by atoms with Gasteiger partial charge in [-0.3, -0.25) is 4.79 Å². The highest BCUT2D eigenvalue weighted by atomic mass is 35.5. The molecule has 0 aliphatic carbocycles. The number of hydrogen-bond donors (Lipinski definition) is 2. The molecule has 0 saturated carbocycles. The number of halogens is 1. The summed E-state index contributed by atoms with van der Waals surface area (Å²) in [5.74, 6) is -0.689. The SMILES string of the molecule is C[C@H](NS(C)(=O)=O)C(N)=O.Cl. The van der Waals surface area contributed by atoms with Gasteiger partial charge in [-0.15, -0.1) is 12.4 Å². The fraction of sp³-hybridized carbons (Fsp3) is 0.750. The molecule has 1 atom stereocenters. The maximum absolute atomic E-state index is 10.4. The zero-order chi connectivity index (χ0) is 8.36. The molecule has 1 amide bonds. The Morgan fingerprint density at radius 3 is 2.00 bits per heavy atom. The van der Waals surface area contributed by atoms with Crippen LogP contribution >= 0.6 is 12.4 Å². The molecule has 0 aromatic rings. The average Bonchev–Trinajstić information content (AvgIpc) is 1.60. The number of carbonyl (C=O) groups excluding carboxylic acids is 1. The van der Waals surface area contributed by atoms with Gasteiger partial charge in [-0.1, -0.05) is 0 Å². The van der Waals surface area contributed by atoms with E-state index in [2.05, 4.69) is 0 Å². The summed E-state index contributed by atoms with van der Waals surface area (Å²) in [6, 6.07) is -0.838. The van der Waals surface area contributed by atoms with Gasteiger partial charge in [-0.2, -0.15) is 0 Å². The molecule has 0 unspecified atom stereocenters. The van der Waals surface area contributed by atoms with Gasteiger partial charge < -0.3 is 5.73 Å². The predicted molar refractivity (Wildman–Crippen MR) is 43.9 cm³/mol. The van der Waals surface area contributed by atoms with E-state index in [0.717, 1.165) is 6.26 Å². The van der Waals surface area contributed by atoms with Crippen molar-refractivity contribution in [3.8, 4) is 0 Å². The van der Waals surface area contributed by atoms with Crippen LogP contribution in [0.5, 0.6) is 0 Å². The molecular formula is C4H11ClN2O3S. The first kappa shape index (κ1) is 13.3. The van der Waals surface area contributed by atoms with Crippen molar-refractivity contribution in [3.63, 3.8) is 0 Å². The minimum Gasteiger partial charge on any atom is -0.368 e. The van der Waals surface area contributed by atoms with Crippen LogP contribution in [0.4, 0.5) is 0 Å². The smallest absolute Gasteiger partial charge is 0.235 e. The Labute approximate surface area is 71.8 Å². The summed E-state index contributed by atoms with van der Waals surface area (Å²) in [6.07, 6.45) is 0.965. The molecule has 11 heavy (non-hydrogen) atoms. The Hall–Kier alpha value is -0.330. The molecule has 0 aliphatic heterocycles. The van der Waals surface area contributed by atoms with Gasteiger partial charge in [0, 0.05) is 0 Å². The third-order valence-electron chi connectivity index (χ3n) is 0.818. The van der Waals surface area contributed by atoms with Crippen molar-refractivity contribution in [1.29, 1.82) is 0 Å². The molecule has 0 fully saturated rings. The average molecular weight is 203 g/mol. The monoisotopic (exact) mass is 202 g/mol. The summed E-state index contributed by atoms with van der Waals surface area (Å²) in [5, 5.41) is 0. The second kappa shape index (κ2) is 4.53. The maximum atomic E-state index is 10.4. The molecule has 68 valence electrons. The molecule has 0 spiro atoms. The third-order valence-corrected chi connectivity index (χ3v) is 1.60. The topological polar surface area (TPSA) is 89.3 Å². The van der Waals surface area contributed by atoms with E-state index in [4.69, 9.17) is 5.73 Å². The van der Waals surface area contributed by atoms with E-state index in [-0.39, 0.29) is 12.4 Å². The Bertz CT molecular complexity index is 225. The second-order valence-corrected chi connectivity index (χ2v) is 3.79. The molecule has 3 N–H and O–H groups in total. The third kappa shape index (κ3) is 7.57. The maximum Gasteiger partial charge on any atom is 0.235 e. The Balaban J connectivity index is 0.